The summed E-state index contributed by atoms with van der Waals surface area (Å²) in [7, 11) is 0. The van der Waals surface area contributed by atoms with Crippen molar-refractivity contribution < 1.29 is 9.90 Å². The first-order chi connectivity index (χ1) is 8.49. The summed E-state index contributed by atoms with van der Waals surface area (Å²) in [6.07, 6.45) is 4.20. The molecule has 1 amide bonds. The van der Waals surface area contributed by atoms with Gasteiger partial charge >= 0.3 is 0 Å². The summed E-state index contributed by atoms with van der Waals surface area (Å²) in [6.45, 7) is 8.02. The number of hydrogen-bond donors (Lipinski definition) is 2. The maximum absolute atomic E-state index is 12.0. The van der Waals surface area contributed by atoms with E-state index in [-0.39, 0.29) is 30.5 Å². The Balaban J connectivity index is 2.68. The monoisotopic (exact) mass is 253 g/mol. The topological polar surface area (TPSA) is 67.2 Å². The summed E-state index contributed by atoms with van der Waals surface area (Å²) >= 11 is 0. The number of aromatic nitrogens is 2. The van der Waals surface area contributed by atoms with Gasteiger partial charge in [-0.3, -0.25) is 9.48 Å². The molecule has 0 aromatic carbocycles. The number of hydrogen-bond acceptors (Lipinski definition) is 3. The van der Waals surface area contributed by atoms with Crippen molar-refractivity contribution in [1.82, 2.24) is 15.1 Å². The van der Waals surface area contributed by atoms with Gasteiger partial charge in [0.05, 0.1) is 24.4 Å². The van der Waals surface area contributed by atoms with Crippen molar-refractivity contribution in [2.75, 3.05) is 6.61 Å². The molecule has 0 bridgehead atoms. The highest BCUT2D eigenvalue weighted by atomic mass is 16.3. The molecule has 0 radical (unpaired) electrons. The summed E-state index contributed by atoms with van der Waals surface area (Å²) in [5.74, 6) is 0.0698. The largest absolute Gasteiger partial charge is 0.394 e. The zero-order chi connectivity index (χ0) is 13.7. The molecule has 2 N–H and O–H groups in total. The lowest BCUT2D eigenvalue weighted by Crippen LogP contribution is -2.41. The highest BCUT2D eigenvalue weighted by Crippen LogP contribution is 2.09. The number of nitrogens with one attached hydrogen (secondary N) is 1. The lowest BCUT2D eigenvalue weighted by atomic mass is 10.00. The molecular formula is C13H23N3O2. The average molecular weight is 253 g/mol. The SMILES string of the molecule is CC[C@@H](C)[C@@H](CO)NC(=O)c1cnn(C(C)C)c1. The molecule has 1 heterocycles. The summed E-state index contributed by atoms with van der Waals surface area (Å²) in [5.41, 5.74) is 0.533. The molecule has 5 nitrogen and oxygen atoms in total. The normalized spacial score (nSPS) is 14.6. The van der Waals surface area contributed by atoms with Crippen LogP contribution >= 0.6 is 0 Å². The summed E-state index contributed by atoms with van der Waals surface area (Å²) in [4.78, 5) is 12.0. The van der Waals surface area contributed by atoms with Crippen LogP contribution in [-0.4, -0.2) is 33.4 Å². The fraction of sp³-hybridized carbons (Fsp3) is 0.692. The molecule has 0 aliphatic carbocycles. The maximum atomic E-state index is 12.0. The third-order valence-corrected chi connectivity index (χ3v) is 3.24. The van der Waals surface area contributed by atoms with E-state index in [1.165, 1.54) is 0 Å². The number of carbonyl (C=O) groups is 1. The number of rotatable bonds is 6. The van der Waals surface area contributed by atoms with Crippen LogP contribution in [0.3, 0.4) is 0 Å². The highest BCUT2D eigenvalue weighted by Gasteiger charge is 2.19. The predicted octanol–water partition coefficient (Wildman–Crippen LogP) is 1.60. The Kier molecular flexibility index (Phi) is 5.34. The molecule has 102 valence electrons. The van der Waals surface area contributed by atoms with Crippen molar-refractivity contribution >= 4 is 5.91 Å². The fourth-order valence-electron chi connectivity index (χ4n) is 1.64. The van der Waals surface area contributed by atoms with Crippen molar-refractivity contribution in [3.8, 4) is 0 Å². The zero-order valence-electron chi connectivity index (χ0n) is 11.6. The Morgan fingerprint density at radius 1 is 1.50 bits per heavy atom. The Hall–Kier alpha value is -1.36. The molecule has 18 heavy (non-hydrogen) atoms. The molecule has 0 spiro atoms. The van der Waals surface area contributed by atoms with E-state index >= 15 is 0 Å². The fourth-order valence-corrected chi connectivity index (χ4v) is 1.64. The van der Waals surface area contributed by atoms with Crippen molar-refractivity contribution in [2.45, 2.75) is 46.2 Å². The lowest BCUT2D eigenvalue weighted by molar-refractivity contribution is 0.0891. The molecule has 0 aliphatic rings. The van der Waals surface area contributed by atoms with Gasteiger partial charge in [-0.05, 0) is 19.8 Å². The summed E-state index contributed by atoms with van der Waals surface area (Å²) in [5, 5.41) is 16.3. The Morgan fingerprint density at radius 2 is 2.17 bits per heavy atom. The second-order valence-corrected chi connectivity index (χ2v) is 4.95. The van der Waals surface area contributed by atoms with Crippen LogP contribution in [0.15, 0.2) is 12.4 Å². The third-order valence-electron chi connectivity index (χ3n) is 3.24. The van der Waals surface area contributed by atoms with Gasteiger partial charge < -0.3 is 10.4 Å². The second-order valence-electron chi connectivity index (χ2n) is 4.95. The van der Waals surface area contributed by atoms with Crippen LogP contribution < -0.4 is 5.32 Å². The molecule has 1 aromatic heterocycles. The molecule has 5 heteroatoms. The summed E-state index contributed by atoms with van der Waals surface area (Å²) < 4.78 is 1.74. The molecule has 0 unspecified atom stereocenters. The summed E-state index contributed by atoms with van der Waals surface area (Å²) in [6, 6.07) is 0.0275. The molecule has 2 atom stereocenters. The van der Waals surface area contributed by atoms with Crippen LogP contribution in [-0.2, 0) is 0 Å². The molecule has 0 aliphatic heterocycles. The Labute approximate surface area is 108 Å². The van der Waals surface area contributed by atoms with Gasteiger partial charge in [0.15, 0.2) is 0 Å². The third kappa shape index (κ3) is 3.57. The molecule has 0 saturated heterocycles. The number of aliphatic hydroxyl groups is 1. The highest BCUT2D eigenvalue weighted by molar-refractivity contribution is 5.93. The molecule has 0 fully saturated rings. The van der Waals surface area contributed by atoms with E-state index in [1.54, 1.807) is 17.1 Å². The van der Waals surface area contributed by atoms with E-state index in [0.717, 1.165) is 6.42 Å². The van der Waals surface area contributed by atoms with E-state index in [0.29, 0.717) is 5.56 Å². The van der Waals surface area contributed by atoms with Crippen LogP contribution in [0.1, 0.15) is 50.5 Å². The van der Waals surface area contributed by atoms with Crippen molar-refractivity contribution in [2.24, 2.45) is 5.92 Å². The van der Waals surface area contributed by atoms with Gasteiger partial charge in [0.2, 0.25) is 0 Å². The minimum atomic E-state index is -0.204. The van der Waals surface area contributed by atoms with Crippen LogP contribution in [0.5, 0.6) is 0 Å². The molecule has 0 saturated carbocycles. The predicted molar refractivity (Wildman–Crippen MR) is 70.4 cm³/mol. The number of aliphatic hydroxyl groups excluding tert-OH is 1. The Morgan fingerprint density at radius 3 is 2.61 bits per heavy atom. The van der Waals surface area contributed by atoms with Crippen LogP contribution in [0.4, 0.5) is 0 Å². The molecule has 1 rings (SSSR count). The van der Waals surface area contributed by atoms with Crippen LogP contribution in [0.25, 0.3) is 0 Å². The maximum Gasteiger partial charge on any atom is 0.254 e. The quantitative estimate of drug-likeness (QED) is 0.809. The van der Waals surface area contributed by atoms with Gasteiger partial charge in [0.25, 0.3) is 5.91 Å². The Bertz CT molecular complexity index is 387. The average Bonchev–Trinajstić information content (AvgIpc) is 2.84. The van der Waals surface area contributed by atoms with Crippen molar-refractivity contribution in [3.63, 3.8) is 0 Å². The van der Waals surface area contributed by atoms with E-state index in [4.69, 9.17) is 0 Å². The van der Waals surface area contributed by atoms with Gasteiger partial charge in [-0.25, -0.2) is 0 Å². The first-order valence-corrected chi connectivity index (χ1v) is 6.45. The standard InChI is InChI=1S/C13H23N3O2/c1-5-10(4)12(8-17)15-13(18)11-6-14-16(7-11)9(2)3/h6-7,9-10,12,17H,5,8H2,1-4H3,(H,15,18)/t10-,12-/m1/s1. The number of carbonyl (C=O) groups excluding carboxylic acids is 1. The molecular weight excluding hydrogens is 230 g/mol. The zero-order valence-corrected chi connectivity index (χ0v) is 11.6. The van der Waals surface area contributed by atoms with Crippen LogP contribution in [0, 0.1) is 5.92 Å². The smallest absolute Gasteiger partial charge is 0.254 e. The first-order valence-electron chi connectivity index (χ1n) is 6.45. The van der Waals surface area contributed by atoms with Gasteiger partial charge in [-0.1, -0.05) is 20.3 Å². The van der Waals surface area contributed by atoms with E-state index < -0.39 is 0 Å². The number of nitrogens with zero attached hydrogens (tertiary/aromatic N) is 2. The van der Waals surface area contributed by atoms with Gasteiger partial charge in [0.1, 0.15) is 0 Å². The van der Waals surface area contributed by atoms with E-state index in [1.807, 2.05) is 27.7 Å². The van der Waals surface area contributed by atoms with Gasteiger partial charge in [-0.15, -0.1) is 0 Å². The minimum Gasteiger partial charge on any atom is -0.394 e. The van der Waals surface area contributed by atoms with E-state index in [2.05, 4.69) is 10.4 Å². The number of amides is 1. The van der Waals surface area contributed by atoms with E-state index in [9.17, 15) is 9.90 Å². The van der Waals surface area contributed by atoms with Crippen molar-refractivity contribution in [1.29, 1.82) is 0 Å². The van der Waals surface area contributed by atoms with Gasteiger partial charge in [-0.2, -0.15) is 5.10 Å². The molecule has 1 aromatic rings. The lowest BCUT2D eigenvalue weighted by Gasteiger charge is -2.21. The van der Waals surface area contributed by atoms with Crippen LogP contribution in [0.2, 0.25) is 0 Å². The first kappa shape index (κ1) is 14.7. The minimum absolute atomic E-state index is 0.0426. The van der Waals surface area contributed by atoms with Crippen molar-refractivity contribution in [3.05, 3.63) is 18.0 Å². The second kappa shape index (κ2) is 6.54. The van der Waals surface area contributed by atoms with Gasteiger partial charge in [0, 0.05) is 12.2 Å².